The van der Waals surface area contributed by atoms with Crippen LogP contribution in [0.2, 0.25) is 0 Å². The zero-order valence-electron chi connectivity index (χ0n) is 15.7. The molecule has 0 radical (unpaired) electrons. The van der Waals surface area contributed by atoms with Crippen LogP contribution in [-0.2, 0) is 22.6 Å². The van der Waals surface area contributed by atoms with Gasteiger partial charge in [-0.15, -0.1) is 0 Å². The maximum Gasteiger partial charge on any atom is 0.411 e. The Labute approximate surface area is 166 Å². The SMILES string of the molecule is O=C(NCc1ccc(N2CCOCC2)nc1)c1ccc(COCC(F)(F)F)cc1. The van der Waals surface area contributed by atoms with E-state index in [0.29, 0.717) is 30.9 Å². The molecular formula is C20H22F3N3O3. The molecule has 1 aliphatic rings. The van der Waals surface area contributed by atoms with Crippen LogP contribution in [0.15, 0.2) is 42.6 Å². The number of morpholine rings is 1. The highest BCUT2D eigenvalue weighted by molar-refractivity contribution is 5.94. The number of ether oxygens (including phenoxy) is 2. The molecule has 0 aliphatic carbocycles. The first-order valence-corrected chi connectivity index (χ1v) is 9.20. The van der Waals surface area contributed by atoms with Gasteiger partial charge in [-0.3, -0.25) is 4.79 Å². The van der Waals surface area contributed by atoms with Gasteiger partial charge < -0.3 is 19.7 Å². The molecule has 3 rings (SSSR count). The molecule has 2 aromatic rings. The van der Waals surface area contributed by atoms with Gasteiger partial charge in [-0.05, 0) is 29.3 Å². The van der Waals surface area contributed by atoms with E-state index >= 15 is 0 Å². The minimum atomic E-state index is -4.35. The first-order chi connectivity index (χ1) is 13.9. The molecule has 0 unspecified atom stereocenters. The fourth-order valence-corrected chi connectivity index (χ4v) is 2.82. The molecule has 0 spiro atoms. The molecule has 1 fully saturated rings. The molecule has 6 nitrogen and oxygen atoms in total. The minimum absolute atomic E-state index is 0.164. The van der Waals surface area contributed by atoms with E-state index in [0.717, 1.165) is 24.5 Å². The van der Waals surface area contributed by atoms with Gasteiger partial charge in [0.15, 0.2) is 0 Å². The van der Waals surface area contributed by atoms with Crippen molar-refractivity contribution in [3.8, 4) is 0 Å². The molecule has 156 valence electrons. The standard InChI is InChI=1S/C20H22F3N3O3/c21-20(22,23)14-29-13-15-1-4-17(5-2-15)19(27)25-12-16-3-6-18(24-11-16)26-7-9-28-10-8-26/h1-6,11H,7-10,12-14H2,(H,25,27). The highest BCUT2D eigenvalue weighted by Crippen LogP contribution is 2.16. The Balaban J connectivity index is 1.46. The number of hydrogen-bond donors (Lipinski definition) is 1. The van der Waals surface area contributed by atoms with Crippen molar-refractivity contribution in [2.24, 2.45) is 0 Å². The van der Waals surface area contributed by atoms with Crippen LogP contribution in [0, 0.1) is 0 Å². The normalized spacial score (nSPS) is 14.7. The molecule has 1 saturated heterocycles. The van der Waals surface area contributed by atoms with E-state index in [9.17, 15) is 18.0 Å². The van der Waals surface area contributed by atoms with Crippen LogP contribution >= 0.6 is 0 Å². The van der Waals surface area contributed by atoms with Crippen molar-refractivity contribution in [1.82, 2.24) is 10.3 Å². The van der Waals surface area contributed by atoms with E-state index in [2.05, 4.69) is 19.9 Å². The summed E-state index contributed by atoms with van der Waals surface area (Å²) in [5, 5.41) is 2.80. The second-order valence-corrected chi connectivity index (χ2v) is 6.61. The number of rotatable bonds is 7. The molecule has 9 heteroatoms. The zero-order valence-corrected chi connectivity index (χ0v) is 15.7. The Morgan fingerprint density at radius 2 is 1.79 bits per heavy atom. The lowest BCUT2D eigenvalue weighted by Gasteiger charge is -2.27. The number of carbonyl (C=O) groups is 1. The van der Waals surface area contributed by atoms with Crippen LogP contribution in [0.25, 0.3) is 0 Å². The second kappa shape index (κ2) is 9.71. The fraction of sp³-hybridized carbons (Fsp3) is 0.400. The number of aromatic nitrogens is 1. The smallest absolute Gasteiger partial charge is 0.378 e. The highest BCUT2D eigenvalue weighted by Gasteiger charge is 2.27. The highest BCUT2D eigenvalue weighted by atomic mass is 19.4. The third-order valence-electron chi connectivity index (χ3n) is 4.35. The molecule has 1 N–H and O–H groups in total. The third-order valence-corrected chi connectivity index (χ3v) is 4.35. The van der Waals surface area contributed by atoms with Crippen molar-refractivity contribution in [1.29, 1.82) is 0 Å². The monoisotopic (exact) mass is 409 g/mol. The first kappa shape index (κ1) is 21.1. The van der Waals surface area contributed by atoms with Gasteiger partial charge >= 0.3 is 6.18 Å². The average Bonchev–Trinajstić information content (AvgIpc) is 2.73. The lowest BCUT2D eigenvalue weighted by molar-refractivity contribution is -0.176. The van der Waals surface area contributed by atoms with E-state index in [1.807, 2.05) is 12.1 Å². The molecule has 1 aliphatic heterocycles. The summed E-state index contributed by atoms with van der Waals surface area (Å²) >= 11 is 0. The Kier molecular flexibility index (Phi) is 7.05. The molecule has 0 atom stereocenters. The van der Waals surface area contributed by atoms with E-state index in [4.69, 9.17) is 4.74 Å². The lowest BCUT2D eigenvalue weighted by Crippen LogP contribution is -2.36. The Hall–Kier alpha value is -2.65. The number of alkyl halides is 3. The third kappa shape index (κ3) is 6.72. The number of anilines is 1. The maximum absolute atomic E-state index is 12.3. The van der Waals surface area contributed by atoms with Crippen molar-refractivity contribution in [3.63, 3.8) is 0 Å². The molecule has 0 saturated carbocycles. The molecule has 0 bridgehead atoms. The van der Waals surface area contributed by atoms with Crippen molar-refractivity contribution in [2.45, 2.75) is 19.3 Å². The number of benzene rings is 1. The number of pyridine rings is 1. The van der Waals surface area contributed by atoms with Crippen molar-refractivity contribution >= 4 is 11.7 Å². The summed E-state index contributed by atoms with van der Waals surface area (Å²) in [4.78, 5) is 18.8. The molecule has 1 aromatic heterocycles. The topological polar surface area (TPSA) is 63.7 Å². The van der Waals surface area contributed by atoms with E-state index in [1.54, 1.807) is 30.5 Å². The first-order valence-electron chi connectivity index (χ1n) is 9.20. The maximum atomic E-state index is 12.3. The molecule has 29 heavy (non-hydrogen) atoms. The summed E-state index contributed by atoms with van der Waals surface area (Å²) in [5.41, 5.74) is 1.85. The summed E-state index contributed by atoms with van der Waals surface area (Å²) in [6.07, 6.45) is -2.62. The number of hydrogen-bond acceptors (Lipinski definition) is 5. The zero-order chi connectivity index (χ0) is 20.7. The lowest BCUT2D eigenvalue weighted by atomic mass is 10.1. The second-order valence-electron chi connectivity index (χ2n) is 6.61. The van der Waals surface area contributed by atoms with Gasteiger partial charge in [-0.1, -0.05) is 18.2 Å². The fourth-order valence-electron chi connectivity index (χ4n) is 2.82. The van der Waals surface area contributed by atoms with Gasteiger partial charge in [-0.25, -0.2) is 4.98 Å². The summed E-state index contributed by atoms with van der Waals surface area (Å²) in [6, 6.07) is 10.1. The average molecular weight is 409 g/mol. The summed E-state index contributed by atoms with van der Waals surface area (Å²) < 4.78 is 46.2. The van der Waals surface area contributed by atoms with Gasteiger partial charge in [0, 0.05) is 31.4 Å². The van der Waals surface area contributed by atoms with Crippen molar-refractivity contribution in [2.75, 3.05) is 37.8 Å². The largest absolute Gasteiger partial charge is 0.411 e. The van der Waals surface area contributed by atoms with Gasteiger partial charge in [0.2, 0.25) is 0 Å². The Bertz CT molecular complexity index is 789. The number of nitrogens with zero attached hydrogens (tertiary/aromatic N) is 2. The Morgan fingerprint density at radius 3 is 2.41 bits per heavy atom. The molecule has 2 heterocycles. The van der Waals surface area contributed by atoms with Gasteiger partial charge in [0.1, 0.15) is 12.4 Å². The van der Waals surface area contributed by atoms with Crippen LogP contribution in [-0.4, -0.2) is 50.0 Å². The molecule has 1 amide bonds. The van der Waals surface area contributed by atoms with Crippen molar-refractivity contribution in [3.05, 3.63) is 59.3 Å². The van der Waals surface area contributed by atoms with Gasteiger partial charge in [0.25, 0.3) is 5.91 Å². The summed E-state index contributed by atoms with van der Waals surface area (Å²) in [7, 11) is 0. The molecular weight excluding hydrogens is 387 g/mol. The predicted molar refractivity (Wildman–Crippen MR) is 101 cm³/mol. The van der Waals surface area contributed by atoms with Gasteiger partial charge in [0.05, 0.1) is 19.8 Å². The van der Waals surface area contributed by atoms with E-state index < -0.39 is 12.8 Å². The number of halogens is 3. The van der Waals surface area contributed by atoms with Crippen LogP contribution in [0.4, 0.5) is 19.0 Å². The molecule has 1 aromatic carbocycles. The quantitative estimate of drug-likeness (QED) is 0.762. The minimum Gasteiger partial charge on any atom is -0.378 e. The van der Waals surface area contributed by atoms with Gasteiger partial charge in [-0.2, -0.15) is 13.2 Å². The van der Waals surface area contributed by atoms with E-state index in [-0.39, 0.29) is 12.5 Å². The van der Waals surface area contributed by atoms with Crippen LogP contribution < -0.4 is 10.2 Å². The van der Waals surface area contributed by atoms with Crippen LogP contribution in [0.5, 0.6) is 0 Å². The van der Waals surface area contributed by atoms with Crippen LogP contribution in [0.3, 0.4) is 0 Å². The number of nitrogens with one attached hydrogen (secondary N) is 1. The van der Waals surface area contributed by atoms with E-state index in [1.165, 1.54) is 0 Å². The predicted octanol–water partition coefficient (Wildman–Crippen LogP) is 2.93. The van der Waals surface area contributed by atoms with Crippen LogP contribution in [0.1, 0.15) is 21.5 Å². The summed E-state index contributed by atoms with van der Waals surface area (Å²) in [5.74, 6) is 0.608. The Morgan fingerprint density at radius 1 is 1.10 bits per heavy atom. The number of amides is 1. The van der Waals surface area contributed by atoms with Crippen molar-refractivity contribution < 1.29 is 27.4 Å². The number of carbonyl (C=O) groups excluding carboxylic acids is 1. The summed E-state index contributed by atoms with van der Waals surface area (Å²) in [6.45, 7) is 1.85.